The first-order chi connectivity index (χ1) is 8.06. The van der Waals surface area contributed by atoms with Crippen molar-refractivity contribution in [3.8, 4) is 5.75 Å². The van der Waals surface area contributed by atoms with E-state index in [0.29, 0.717) is 0 Å². The van der Waals surface area contributed by atoms with E-state index < -0.39 is 12.1 Å². The monoisotopic (exact) mass is 234 g/mol. The first-order valence-corrected chi connectivity index (χ1v) is 5.44. The van der Waals surface area contributed by atoms with Gasteiger partial charge < -0.3 is 10.1 Å². The summed E-state index contributed by atoms with van der Waals surface area (Å²) in [5, 5.41) is 4.73. The highest BCUT2D eigenvalue weighted by molar-refractivity contribution is 6.04. The van der Waals surface area contributed by atoms with Gasteiger partial charge in [-0.05, 0) is 31.5 Å². The third-order valence-electron chi connectivity index (χ3n) is 2.36. The lowest BCUT2D eigenvalue weighted by Crippen LogP contribution is -2.22. The van der Waals surface area contributed by atoms with E-state index in [1.807, 2.05) is 13.8 Å². The van der Waals surface area contributed by atoms with E-state index in [2.05, 4.69) is 10.6 Å². The second-order valence-corrected chi connectivity index (χ2v) is 4.13. The summed E-state index contributed by atoms with van der Waals surface area (Å²) >= 11 is 0. The van der Waals surface area contributed by atoms with Gasteiger partial charge in [0.05, 0.1) is 6.10 Å². The van der Waals surface area contributed by atoms with Crippen molar-refractivity contribution >= 4 is 11.9 Å². The number of imide groups is 1. The Bertz CT molecular complexity index is 440. The highest BCUT2D eigenvalue weighted by Gasteiger charge is 2.30. The number of hydrogen-bond donors (Lipinski definition) is 2. The Hall–Kier alpha value is -2.04. The summed E-state index contributed by atoms with van der Waals surface area (Å²) in [6, 6.07) is 6.06. The molecule has 90 valence electrons. The number of carbonyl (C=O) groups excluding carboxylic acids is 2. The fraction of sp³-hybridized carbons (Fsp3) is 0.333. The van der Waals surface area contributed by atoms with Gasteiger partial charge in [-0.2, -0.15) is 0 Å². The van der Waals surface area contributed by atoms with Crippen LogP contribution in [-0.4, -0.2) is 18.0 Å². The van der Waals surface area contributed by atoms with Gasteiger partial charge in [0.1, 0.15) is 11.8 Å². The fourth-order valence-electron chi connectivity index (χ4n) is 1.66. The van der Waals surface area contributed by atoms with Crippen molar-refractivity contribution in [3.05, 3.63) is 29.8 Å². The molecule has 0 aromatic heterocycles. The zero-order chi connectivity index (χ0) is 12.4. The van der Waals surface area contributed by atoms with Gasteiger partial charge >= 0.3 is 6.03 Å². The molecule has 1 aliphatic rings. The van der Waals surface area contributed by atoms with E-state index in [4.69, 9.17) is 4.74 Å². The fourth-order valence-corrected chi connectivity index (χ4v) is 1.66. The molecule has 1 atom stereocenters. The summed E-state index contributed by atoms with van der Waals surface area (Å²) in [6.07, 6.45) is 0.107. The average Bonchev–Trinajstić information content (AvgIpc) is 2.58. The number of hydrogen-bond acceptors (Lipinski definition) is 3. The van der Waals surface area contributed by atoms with Crippen LogP contribution >= 0.6 is 0 Å². The Labute approximate surface area is 99.2 Å². The molecule has 0 radical (unpaired) electrons. The number of benzene rings is 1. The van der Waals surface area contributed by atoms with Crippen LogP contribution in [0.15, 0.2) is 24.3 Å². The second-order valence-electron chi connectivity index (χ2n) is 4.13. The lowest BCUT2D eigenvalue weighted by molar-refractivity contribution is -0.120. The number of rotatable bonds is 3. The molecule has 1 aromatic carbocycles. The Morgan fingerprint density at radius 1 is 1.18 bits per heavy atom. The lowest BCUT2D eigenvalue weighted by atomic mass is 10.1. The number of nitrogens with one attached hydrogen (secondary N) is 2. The van der Waals surface area contributed by atoms with Gasteiger partial charge in [0.15, 0.2) is 0 Å². The van der Waals surface area contributed by atoms with Crippen molar-refractivity contribution in [1.29, 1.82) is 0 Å². The standard InChI is InChI=1S/C12H14N2O3/c1-7(2)17-9-5-3-8(4-6-9)10-11(15)14-12(16)13-10/h3-7,10H,1-2H3,(H2,13,14,15,16)/t10-/m1/s1. The van der Waals surface area contributed by atoms with Crippen LogP contribution in [0.1, 0.15) is 25.5 Å². The van der Waals surface area contributed by atoms with Crippen molar-refractivity contribution < 1.29 is 14.3 Å². The normalized spacial score (nSPS) is 19.1. The van der Waals surface area contributed by atoms with Crippen molar-refractivity contribution in [3.63, 3.8) is 0 Å². The van der Waals surface area contributed by atoms with Gasteiger partial charge in [0, 0.05) is 0 Å². The molecule has 1 aromatic rings. The first kappa shape index (κ1) is 11.4. The highest BCUT2D eigenvalue weighted by atomic mass is 16.5. The topological polar surface area (TPSA) is 67.4 Å². The molecule has 0 aliphatic carbocycles. The second kappa shape index (κ2) is 4.45. The molecule has 0 spiro atoms. The van der Waals surface area contributed by atoms with E-state index in [0.717, 1.165) is 11.3 Å². The SMILES string of the molecule is CC(C)Oc1ccc([C@H]2NC(=O)NC2=O)cc1. The van der Waals surface area contributed by atoms with Crippen molar-refractivity contribution in [2.45, 2.75) is 26.0 Å². The molecule has 0 saturated carbocycles. The molecule has 17 heavy (non-hydrogen) atoms. The molecule has 2 rings (SSSR count). The molecular formula is C12H14N2O3. The number of carbonyl (C=O) groups is 2. The van der Waals surface area contributed by atoms with E-state index in [9.17, 15) is 9.59 Å². The molecule has 3 amide bonds. The smallest absolute Gasteiger partial charge is 0.322 e. The molecule has 5 heteroatoms. The van der Waals surface area contributed by atoms with Crippen LogP contribution in [0.25, 0.3) is 0 Å². The van der Waals surface area contributed by atoms with E-state index in [1.165, 1.54) is 0 Å². The maximum atomic E-state index is 11.4. The minimum atomic E-state index is -0.601. The predicted molar refractivity (Wildman–Crippen MR) is 61.6 cm³/mol. The Morgan fingerprint density at radius 2 is 1.82 bits per heavy atom. The molecule has 5 nitrogen and oxygen atoms in total. The maximum Gasteiger partial charge on any atom is 0.322 e. The van der Waals surface area contributed by atoms with Crippen LogP contribution in [0.3, 0.4) is 0 Å². The first-order valence-electron chi connectivity index (χ1n) is 5.44. The van der Waals surface area contributed by atoms with Crippen LogP contribution in [-0.2, 0) is 4.79 Å². The van der Waals surface area contributed by atoms with Crippen LogP contribution in [0.5, 0.6) is 5.75 Å². The van der Waals surface area contributed by atoms with Crippen LogP contribution in [0, 0.1) is 0 Å². The van der Waals surface area contributed by atoms with Gasteiger partial charge in [0.2, 0.25) is 0 Å². The summed E-state index contributed by atoms with van der Waals surface area (Å²) < 4.78 is 5.49. The molecule has 1 heterocycles. The van der Waals surface area contributed by atoms with Gasteiger partial charge in [-0.1, -0.05) is 12.1 Å². The quantitative estimate of drug-likeness (QED) is 0.776. The summed E-state index contributed by atoms with van der Waals surface area (Å²) in [4.78, 5) is 22.4. The van der Waals surface area contributed by atoms with Crippen molar-refractivity contribution in [2.24, 2.45) is 0 Å². The van der Waals surface area contributed by atoms with E-state index in [-0.39, 0.29) is 12.0 Å². The maximum absolute atomic E-state index is 11.4. The summed E-state index contributed by atoms with van der Waals surface area (Å²) in [6.45, 7) is 3.89. The molecule has 0 bridgehead atoms. The summed E-state index contributed by atoms with van der Waals surface area (Å²) in [5.41, 5.74) is 0.740. The van der Waals surface area contributed by atoms with Gasteiger partial charge in [-0.3, -0.25) is 10.1 Å². The Kier molecular flexibility index (Phi) is 2.99. The summed E-state index contributed by atoms with van der Waals surface area (Å²) in [7, 11) is 0. The number of ether oxygens (including phenoxy) is 1. The van der Waals surface area contributed by atoms with Crippen LogP contribution < -0.4 is 15.4 Å². The molecule has 1 saturated heterocycles. The third kappa shape index (κ3) is 2.55. The molecule has 0 unspecified atom stereocenters. The van der Waals surface area contributed by atoms with Crippen molar-refractivity contribution in [1.82, 2.24) is 10.6 Å². The van der Waals surface area contributed by atoms with Gasteiger partial charge in [-0.15, -0.1) is 0 Å². The van der Waals surface area contributed by atoms with Crippen molar-refractivity contribution in [2.75, 3.05) is 0 Å². The molecule has 1 fully saturated rings. The summed E-state index contributed by atoms with van der Waals surface area (Å²) in [5.74, 6) is 0.418. The zero-order valence-corrected chi connectivity index (χ0v) is 9.69. The number of urea groups is 1. The molecule has 1 aliphatic heterocycles. The van der Waals surface area contributed by atoms with Crippen LogP contribution in [0.4, 0.5) is 4.79 Å². The van der Waals surface area contributed by atoms with E-state index in [1.54, 1.807) is 24.3 Å². The minimum Gasteiger partial charge on any atom is -0.491 e. The van der Waals surface area contributed by atoms with Crippen LogP contribution in [0.2, 0.25) is 0 Å². The zero-order valence-electron chi connectivity index (χ0n) is 9.69. The van der Waals surface area contributed by atoms with Gasteiger partial charge in [0.25, 0.3) is 5.91 Å². The van der Waals surface area contributed by atoms with Gasteiger partial charge in [-0.25, -0.2) is 4.79 Å². The minimum absolute atomic E-state index is 0.107. The van der Waals surface area contributed by atoms with E-state index >= 15 is 0 Å². The predicted octanol–water partition coefficient (Wildman–Crippen LogP) is 1.35. The Morgan fingerprint density at radius 3 is 2.29 bits per heavy atom. The Balaban J connectivity index is 2.13. The average molecular weight is 234 g/mol. The number of amides is 3. The largest absolute Gasteiger partial charge is 0.491 e. The molecule has 2 N–H and O–H groups in total. The lowest BCUT2D eigenvalue weighted by Gasteiger charge is -2.11. The third-order valence-corrected chi connectivity index (χ3v) is 2.36. The molecular weight excluding hydrogens is 220 g/mol. The highest BCUT2D eigenvalue weighted by Crippen LogP contribution is 2.20.